The Balaban J connectivity index is 1.21. The smallest absolute Gasteiger partial charge is 0.351 e. The van der Waals surface area contributed by atoms with E-state index >= 15 is 0 Å². The van der Waals surface area contributed by atoms with Crippen molar-refractivity contribution in [3.05, 3.63) is 59.8 Å². The largest absolute Gasteiger partial charge is 0.489 e. The van der Waals surface area contributed by atoms with E-state index in [-0.39, 0.29) is 40.1 Å². The fraction of sp³-hybridized carbons (Fsp3) is 0.467. The number of hydrogen-bond acceptors (Lipinski definition) is 11. The molecule has 1 amide bonds. The number of likely N-dealkylation sites (tertiary alicyclic amines) is 1. The van der Waals surface area contributed by atoms with Crippen LogP contribution in [0.3, 0.4) is 0 Å². The number of carboxylic acids is 1. The zero-order valence-electron chi connectivity index (χ0n) is 24.7. The summed E-state index contributed by atoms with van der Waals surface area (Å²) in [4.78, 5) is 37.0. The van der Waals surface area contributed by atoms with E-state index in [1.54, 1.807) is 17.5 Å². The summed E-state index contributed by atoms with van der Waals surface area (Å²) >= 11 is 1.14. The Morgan fingerprint density at radius 2 is 1.98 bits per heavy atom. The highest BCUT2D eigenvalue weighted by atomic mass is 32.1. The highest BCUT2D eigenvalue weighted by Crippen LogP contribution is 2.68. The quantitative estimate of drug-likeness (QED) is 0.178. The molecule has 1 unspecified atom stereocenters. The third-order valence-corrected chi connectivity index (χ3v) is 9.64. The van der Waals surface area contributed by atoms with Gasteiger partial charge in [0.05, 0.1) is 5.41 Å². The predicted molar refractivity (Wildman–Crippen MR) is 166 cm³/mol. The van der Waals surface area contributed by atoms with Crippen LogP contribution in [0.2, 0.25) is 0 Å². The lowest BCUT2D eigenvalue weighted by Crippen LogP contribution is -2.64. The van der Waals surface area contributed by atoms with Crippen molar-refractivity contribution in [1.29, 1.82) is 0 Å². The van der Waals surface area contributed by atoms with Gasteiger partial charge in [0.15, 0.2) is 10.8 Å². The van der Waals surface area contributed by atoms with Crippen LogP contribution >= 0.6 is 11.3 Å². The Hall–Kier alpha value is -4.10. The molecule has 1 aliphatic carbocycles. The second-order valence-electron chi connectivity index (χ2n) is 11.7. The number of carbonyl (C=O) groups excluding carboxylic acids is 1. The van der Waals surface area contributed by atoms with Crippen molar-refractivity contribution >= 4 is 39.8 Å². The van der Waals surface area contributed by atoms with Gasteiger partial charge in [-0.1, -0.05) is 18.3 Å². The van der Waals surface area contributed by atoms with E-state index in [1.807, 2.05) is 19.2 Å². The number of nitrogens with one attached hydrogen (secondary N) is 3. The summed E-state index contributed by atoms with van der Waals surface area (Å²) in [5.74, 6) is -1.38. The number of aromatic nitrogens is 1. The lowest BCUT2D eigenvalue weighted by molar-refractivity contribution is -0.152. The van der Waals surface area contributed by atoms with Gasteiger partial charge in [0.1, 0.15) is 18.1 Å². The molecule has 1 saturated carbocycles. The fourth-order valence-corrected chi connectivity index (χ4v) is 6.53. The molecule has 1 aromatic heterocycles. The number of rotatable bonds is 12. The number of ether oxygens (including phenoxy) is 1. The molecular weight excluding hydrogens is 570 g/mol. The Bertz CT molecular complexity index is 1430. The topological polar surface area (TPSA) is 163 Å². The molecule has 12 nitrogen and oxygen atoms in total. The van der Waals surface area contributed by atoms with E-state index in [2.05, 4.69) is 58.0 Å². The minimum atomic E-state index is -1.48. The first kappa shape index (κ1) is 30.4. The molecule has 2 aromatic rings. The van der Waals surface area contributed by atoms with Gasteiger partial charge in [0, 0.05) is 41.4 Å². The first-order chi connectivity index (χ1) is 20.4. The van der Waals surface area contributed by atoms with Gasteiger partial charge in [-0.15, -0.1) is 11.3 Å². The van der Waals surface area contributed by atoms with Gasteiger partial charge in [-0.25, -0.2) is 9.78 Å². The predicted octanol–water partition coefficient (Wildman–Crippen LogP) is 2.40. The van der Waals surface area contributed by atoms with Crippen LogP contribution in [0.5, 0.6) is 5.75 Å². The van der Waals surface area contributed by atoms with E-state index in [0.29, 0.717) is 11.8 Å². The van der Waals surface area contributed by atoms with Crippen LogP contribution in [0.15, 0.2) is 53.7 Å². The molecule has 3 heterocycles. The summed E-state index contributed by atoms with van der Waals surface area (Å²) in [6.07, 6.45) is 1.33. The number of benzene rings is 1. The molecule has 3 atom stereocenters. The maximum atomic E-state index is 13.4. The molecule has 230 valence electrons. The van der Waals surface area contributed by atoms with Crippen molar-refractivity contribution in [2.45, 2.75) is 56.8 Å². The second kappa shape index (κ2) is 11.9. The fourth-order valence-electron chi connectivity index (χ4n) is 5.98. The van der Waals surface area contributed by atoms with Gasteiger partial charge in [-0.05, 0) is 76.0 Å². The molecule has 43 heavy (non-hydrogen) atoms. The number of thiazole rings is 1. The SMILES string of the molecule is C=C(NC1CCNCC1)c1ccc(OC[C@H](O/N=C(\C(=O)N[C@@H]2CC23C(=C)N(C)C3(C)C)c2csc(N)n2)C(=O)O)cc1. The third kappa shape index (κ3) is 5.91. The normalized spacial score (nSPS) is 23.7. The Labute approximate surface area is 255 Å². The minimum Gasteiger partial charge on any atom is -0.489 e. The maximum Gasteiger partial charge on any atom is 0.351 e. The molecule has 1 spiro atoms. The number of amides is 1. The minimum absolute atomic E-state index is 0.146. The number of nitrogens with two attached hydrogens (primary N) is 1. The molecule has 2 aliphatic heterocycles. The van der Waals surface area contributed by atoms with Crippen molar-refractivity contribution in [1.82, 2.24) is 25.8 Å². The standard InChI is InChI=1S/C30H39N7O5S/c1-17(33-20-10-12-32-13-11-20)19-6-8-21(9-7-19)41-15-23(27(39)40)42-36-25(22-16-43-28(31)34-22)26(38)35-24-14-30(24)18(2)37(5)29(30,3)4/h6-9,16,20,23-24,32-33H,1-2,10-15H2,3-5H3,(H2,31,34)(H,35,38)(H,39,40)/b36-25-/t23-,24+,30?/m0/s1. The number of oxime groups is 1. The number of carbonyl (C=O) groups is 2. The number of nitrogen functional groups attached to an aromatic ring is 1. The Kier molecular flexibility index (Phi) is 8.39. The molecule has 3 aliphatic rings. The summed E-state index contributed by atoms with van der Waals surface area (Å²) in [6.45, 7) is 14.2. The van der Waals surface area contributed by atoms with Crippen LogP contribution < -0.4 is 26.4 Å². The summed E-state index contributed by atoms with van der Waals surface area (Å²) in [5.41, 5.74) is 8.14. The number of hydrogen-bond donors (Lipinski definition) is 5. The molecule has 2 saturated heterocycles. The number of aliphatic carboxylic acids is 1. The highest BCUT2D eigenvalue weighted by Gasteiger charge is 2.74. The zero-order chi connectivity index (χ0) is 30.9. The molecular formula is C30H39N7O5S. The van der Waals surface area contributed by atoms with Crippen LogP contribution in [0, 0.1) is 5.41 Å². The Morgan fingerprint density at radius 3 is 2.58 bits per heavy atom. The number of piperidine rings is 1. The number of carboxylic acid groups (broad SMARTS) is 1. The highest BCUT2D eigenvalue weighted by molar-refractivity contribution is 7.13. The van der Waals surface area contributed by atoms with E-state index in [9.17, 15) is 14.7 Å². The summed E-state index contributed by atoms with van der Waals surface area (Å²) in [7, 11) is 1.98. The maximum absolute atomic E-state index is 13.4. The number of nitrogens with zero attached hydrogens (tertiary/aromatic N) is 3. The van der Waals surface area contributed by atoms with Crippen LogP contribution in [0.4, 0.5) is 5.13 Å². The van der Waals surface area contributed by atoms with Crippen molar-refractivity contribution < 1.29 is 24.3 Å². The van der Waals surface area contributed by atoms with E-state index in [1.165, 1.54) is 0 Å². The summed E-state index contributed by atoms with van der Waals surface area (Å²) in [6, 6.07) is 7.42. The van der Waals surface area contributed by atoms with Crippen LogP contribution in [0.25, 0.3) is 5.70 Å². The molecule has 13 heteroatoms. The van der Waals surface area contributed by atoms with Crippen LogP contribution in [-0.2, 0) is 14.4 Å². The first-order valence-electron chi connectivity index (χ1n) is 14.3. The monoisotopic (exact) mass is 609 g/mol. The Morgan fingerprint density at radius 1 is 1.28 bits per heavy atom. The second-order valence-corrected chi connectivity index (χ2v) is 12.6. The number of anilines is 1. The average molecular weight is 610 g/mol. The average Bonchev–Trinajstić information content (AvgIpc) is 3.59. The van der Waals surface area contributed by atoms with Crippen molar-refractivity contribution in [2.24, 2.45) is 10.6 Å². The van der Waals surface area contributed by atoms with Gasteiger partial charge in [-0.3, -0.25) is 4.79 Å². The van der Waals surface area contributed by atoms with Gasteiger partial charge in [-0.2, -0.15) is 0 Å². The van der Waals surface area contributed by atoms with Gasteiger partial charge < -0.3 is 41.3 Å². The summed E-state index contributed by atoms with van der Waals surface area (Å²) < 4.78 is 5.70. The molecule has 1 aromatic carbocycles. The first-order valence-corrected chi connectivity index (χ1v) is 15.1. The van der Waals surface area contributed by atoms with Crippen molar-refractivity contribution in [3.63, 3.8) is 0 Å². The van der Waals surface area contributed by atoms with Crippen LogP contribution in [-0.4, -0.2) is 83.0 Å². The van der Waals surface area contributed by atoms with E-state index in [4.69, 9.17) is 15.3 Å². The summed E-state index contributed by atoms with van der Waals surface area (Å²) in [5, 5.41) is 25.4. The molecule has 5 rings (SSSR count). The molecule has 3 fully saturated rings. The zero-order valence-corrected chi connectivity index (χ0v) is 25.5. The van der Waals surface area contributed by atoms with Gasteiger partial charge >= 0.3 is 5.97 Å². The molecule has 0 radical (unpaired) electrons. The third-order valence-electron chi connectivity index (χ3n) is 8.96. The molecule has 6 N–H and O–H groups in total. The van der Waals surface area contributed by atoms with E-state index in [0.717, 1.165) is 60.6 Å². The van der Waals surface area contributed by atoms with Crippen LogP contribution in [0.1, 0.15) is 44.4 Å². The van der Waals surface area contributed by atoms with Gasteiger partial charge in [0.25, 0.3) is 12.0 Å². The van der Waals surface area contributed by atoms with E-state index < -0.39 is 18.0 Å². The molecule has 0 bridgehead atoms. The lowest BCUT2D eigenvalue weighted by Gasteiger charge is -2.58. The van der Waals surface area contributed by atoms with Crippen molar-refractivity contribution in [2.75, 3.05) is 32.5 Å². The van der Waals surface area contributed by atoms with Gasteiger partial charge in [0.2, 0.25) is 0 Å². The lowest BCUT2D eigenvalue weighted by atomic mass is 9.70. The van der Waals surface area contributed by atoms with Crippen molar-refractivity contribution in [3.8, 4) is 5.75 Å².